The Morgan fingerprint density at radius 3 is 2.13 bits per heavy atom. The second-order valence-electron chi connectivity index (χ2n) is 3.91. The van der Waals surface area contributed by atoms with E-state index in [1.54, 1.807) is 0 Å². The van der Waals surface area contributed by atoms with Gasteiger partial charge in [-0.1, -0.05) is 29.3 Å². The molecular formula is C11H17NO2S. The summed E-state index contributed by atoms with van der Waals surface area (Å²) in [5.41, 5.74) is 3.59. The van der Waals surface area contributed by atoms with Gasteiger partial charge in [0.25, 0.3) is 0 Å². The average Bonchev–Trinajstić information content (AvgIpc) is 1.99. The van der Waals surface area contributed by atoms with Crippen molar-refractivity contribution in [2.75, 3.05) is 12.8 Å². The van der Waals surface area contributed by atoms with Crippen LogP contribution in [0.2, 0.25) is 0 Å². The molecule has 1 aromatic carbocycles. The van der Waals surface area contributed by atoms with Gasteiger partial charge >= 0.3 is 0 Å². The number of hydrogen-bond acceptors (Lipinski definition) is 2. The van der Waals surface area contributed by atoms with Gasteiger partial charge in [0.15, 0.2) is 0 Å². The lowest BCUT2D eigenvalue weighted by atomic mass is 10.1. The third-order valence-corrected chi connectivity index (χ3v) is 2.79. The summed E-state index contributed by atoms with van der Waals surface area (Å²) in [5, 5.41) is 0. The number of aryl methyl sites for hydroxylation is 2. The summed E-state index contributed by atoms with van der Waals surface area (Å²) in [6, 6.07) is 6.27. The Labute approximate surface area is 91.6 Å². The van der Waals surface area contributed by atoms with E-state index in [1.807, 2.05) is 13.8 Å². The second kappa shape index (κ2) is 4.77. The fourth-order valence-corrected chi connectivity index (χ4v) is 2.07. The molecule has 0 aliphatic heterocycles. The Kier molecular flexibility index (Phi) is 3.88. The van der Waals surface area contributed by atoms with Gasteiger partial charge in [0.1, 0.15) is 0 Å². The summed E-state index contributed by atoms with van der Waals surface area (Å²) in [6.07, 6.45) is 1.91. The third-order valence-electron chi connectivity index (χ3n) is 2.06. The summed E-state index contributed by atoms with van der Waals surface area (Å²) < 4.78 is 24.2. The highest BCUT2D eigenvalue weighted by Gasteiger charge is 2.00. The molecule has 3 nitrogen and oxygen atoms in total. The molecule has 0 saturated heterocycles. The van der Waals surface area contributed by atoms with Crippen molar-refractivity contribution in [2.24, 2.45) is 0 Å². The molecule has 0 aliphatic carbocycles. The Morgan fingerprint density at radius 2 is 1.67 bits per heavy atom. The maximum absolute atomic E-state index is 10.8. The zero-order valence-corrected chi connectivity index (χ0v) is 10.2. The minimum absolute atomic E-state index is 0.460. The van der Waals surface area contributed by atoms with Crippen LogP contribution in [0.25, 0.3) is 0 Å². The van der Waals surface area contributed by atoms with Gasteiger partial charge in [-0.3, -0.25) is 0 Å². The number of hydrogen-bond donors (Lipinski definition) is 1. The normalized spacial score (nSPS) is 11.7. The predicted octanol–water partition coefficient (Wildman–Crippen LogP) is 1.40. The van der Waals surface area contributed by atoms with Gasteiger partial charge in [-0.15, -0.1) is 0 Å². The van der Waals surface area contributed by atoms with Gasteiger partial charge in [0.05, 0.1) is 6.26 Å². The molecule has 0 spiro atoms. The van der Waals surface area contributed by atoms with E-state index in [0.717, 1.165) is 6.42 Å². The van der Waals surface area contributed by atoms with Crippen LogP contribution in [-0.2, 0) is 16.4 Å². The minimum atomic E-state index is -3.06. The van der Waals surface area contributed by atoms with Gasteiger partial charge in [-0.25, -0.2) is 13.1 Å². The third kappa shape index (κ3) is 4.95. The molecule has 1 rings (SSSR count). The van der Waals surface area contributed by atoms with Gasteiger partial charge in [-0.2, -0.15) is 0 Å². The highest BCUT2D eigenvalue weighted by Crippen LogP contribution is 2.08. The highest BCUT2D eigenvalue weighted by molar-refractivity contribution is 7.88. The maximum atomic E-state index is 10.8. The molecule has 0 unspecified atom stereocenters. The Balaban J connectivity index is 2.58. The first-order valence-corrected chi connectivity index (χ1v) is 6.78. The first-order valence-electron chi connectivity index (χ1n) is 4.88. The van der Waals surface area contributed by atoms with Crippen molar-refractivity contribution < 1.29 is 8.42 Å². The van der Waals surface area contributed by atoms with Crippen LogP contribution >= 0.6 is 0 Å². The molecule has 0 amide bonds. The zero-order chi connectivity index (χ0) is 11.5. The van der Waals surface area contributed by atoms with Crippen molar-refractivity contribution in [1.82, 2.24) is 4.72 Å². The van der Waals surface area contributed by atoms with E-state index in [9.17, 15) is 8.42 Å². The molecule has 84 valence electrons. The first kappa shape index (κ1) is 12.2. The SMILES string of the molecule is Cc1cc(C)cc(CCNS(C)(=O)=O)c1. The van der Waals surface area contributed by atoms with E-state index in [-0.39, 0.29) is 0 Å². The van der Waals surface area contributed by atoms with Crippen LogP contribution in [0.4, 0.5) is 0 Å². The molecule has 0 aromatic heterocycles. The number of nitrogens with one attached hydrogen (secondary N) is 1. The average molecular weight is 227 g/mol. The molecule has 4 heteroatoms. The highest BCUT2D eigenvalue weighted by atomic mass is 32.2. The summed E-state index contributed by atoms with van der Waals surface area (Å²) in [6.45, 7) is 4.54. The van der Waals surface area contributed by atoms with Crippen molar-refractivity contribution in [2.45, 2.75) is 20.3 Å². The molecule has 0 saturated carbocycles. The zero-order valence-electron chi connectivity index (χ0n) is 9.37. The Hall–Kier alpha value is -0.870. The quantitative estimate of drug-likeness (QED) is 0.845. The molecule has 0 atom stereocenters. The van der Waals surface area contributed by atoms with E-state index >= 15 is 0 Å². The fourth-order valence-electron chi connectivity index (χ4n) is 1.59. The monoisotopic (exact) mass is 227 g/mol. The van der Waals surface area contributed by atoms with Crippen LogP contribution in [-0.4, -0.2) is 21.2 Å². The van der Waals surface area contributed by atoms with Crippen LogP contribution in [0.3, 0.4) is 0 Å². The van der Waals surface area contributed by atoms with Crippen molar-refractivity contribution in [3.63, 3.8) is 0 Å². The largest absolute Gasteiger partial charge is 0.215 e. The summed E-state index contributed by atoms with van der Waals surface area (Å²) in [7, 11) is -3.06. The smallest absolute Gasteiger partial charge is 0.208 e. The van der Waals surface area contributed by atoms with Crippen LogP contribution in [0.1, 0.15) is 16.7 Å². The van der Waals surface area contributed by atoms with Crippen LogP contribution in [0, 0.1) is 13.8 Å². The fraction of sp³-hybridized carbons (Fsp3) is 0.455. The minimum Gasteiger partial charge on any atom is -0.215 e. The molecule has 1 aromatic rings. The molecule has 0 heterocycles. The van der Waals surface area contributed by atoms with Crippen LogP contribution < -0.4 is 4.72 Å². The number of benzene rings is 1. The lowest BCUT2D eigenvalue weighted by molar-refractivity contribution is 0.588. The topological polar surface area (TPSA) is 46.2 Å². The van der Waals surface area contributed by atoms with Crippen molar-refractivity contribution in [1.29, 1.82) is 0 Å². The molecule has 1 N–H and O–H groups in total. The van der Waals surface area contributed by atoms with Gasteiger partial charge in [0.2, 0.25) is 10.0 Å². The maximum Gasteiger partial charge on any atom is 0.208 e. The molecule has 0 aliphatic rings. The number of rotatable bonds is 4. The molecule has 0 bridgehead atoms. The van der Waals surface area contributed by atoms with Crippen LogP contribution in [0.15, 0.2) is 18.2 Å². The van der Waals surface area contributed by atoms with Crippen molar-refractivity contribution in [3.05, 3.63) is 34.9 Å². The second-order valence-corrected chi connectivity index (χ2v) is 5.75. The summed E-state index contributed by atoms with van der Waals surface area (Å²) in [5.74, 6) is 0. The molecule has 0 radical (unpaired) electrons. The van der Waals surface area contributed by atoms with Crippen molar-refractivity contribution >= 4 is 10.0 Å². The predicted molar refractivity (Wildman–Crippen MR) is 62.5 cm³/mol. The van der Waals surface area contributed by atoms with Gasteiger partial charge in [-0.05, 0) is 25.8 Å². The number of sulfonamides is 1. The Morgan fingerprint density at radius 1 is 1.13 bits per heavy atom. The summed E-state index contributed by atoms with van der Waals surface area (Å²) in [4.78, 5) is 0. The van der Waals surface area contributed by atoms with Crippen molar-refractivity contribution in [3.8, 4) is 0 Å². The van der Waals surface area contributed by atoms with Gasteiger partial charge in [0, 0.05) is 6.54 Å². The molecule has 15 heavy (non-hydrogen) atoms. The first-order chi connectivity index (χ1) is 6.87. The molecular weight excluding hydrogens is 210 g/mol. The Bertz CT molecular complexity index is 418. The standard InChI is InChI=1S/C11H17NO2S/c1-9-6-10(2)8-11(7-9)4-5-12-15(3,13)14/h6-8,12H,4-5H2,1-3H3. The van der Waals surface area contributed by atoms with E-state index in [2.05, 4.69) is 22.9 Å². The summed E-state index contributed by atoms with van der Waals surface area (Å²) >= 11 is 0. The van der Waals surface area contributed by atoms with E-state index < -0.39 is 10.0 Å². The lowest BCUT2D eigenvalue weighted by Crippen LogP contribution is -2.24. The van der Waals surface area contributed by atoms with E-state index in [0.29, 0.717) is 6.54 Å². The van der Waals surface area contributed by atoms with E-state index in [4.69, 9.17) is 0 Å². The lowest BCUT2D eigenvalue weighted by Gasteiger charge is -2.05. The van der Waals surface area contributed by atoms with Gasteiger partial charge < -0.3 is 0 Å². The molecule has 0 fully saturated rings. The van der Waals surface area contributed by atoms with Crippen LogP contribution in [0.5, 0.6) is 0 Å². The van der Waals surface area contributed by atoms with E-state index in [1.165, 1.54) is 22.9 Å².